The van der Waals surface area contributed by atoms with Crippen LogP contribution in [-0.4, -0.2) is 5.78 Å². The van der Waals surface area contributed by atoms with E-state index >= 15 is 0 Å². The van der Waals surface area contributed by atoms with Crippen LogP contribution < -0.4 is 0 Å². The fourth-order valence-electron chi connectivity index (χ4n) is 0.993. The fraction of sp³-hybridized carbons (Fsp3) is 0.583. The topological polar surface area (TPSA) is 17.1 Å². The molecule has 1 nitrogen and oxygen atoms in total. The average Bonchev–Trinajstić information content (AvgIpc) is 2.00. The van der Waals surface area contributed by atoms with Crippen molar-refractivity contribution in [1.82, 2.24) is 0 Å². The van der Waals surface area contributed by atoms with E-state index < -0.39 is 0 Å². The van der Waals surface area contributed by atoms with Crippen molar-refractivity contribution in [3.05, 3.63) is 23.3 Å². The van der Waals surface area contributed by atoms with Crippen molar-refractivity contribution < 1.29 is 4.79 Å². The minimum absolute atomic E-state index is 0.246. The maximum Gasteiger partial charge on any atom is 0.130 e. The van der Waals surface area contributed by atoms with Crippen LogP contribution in [0.25, 0.3) is 0 Å². The molecule has 0 unspecified atom stereocenters. The zero-order valence-corrected chi connectivity index (χ0v) is 9.24. The van der Waals surface area contributed by atoms with Gasteiger partial charge in [0.2, 0.25) is 0 Å². The van der Waals surface area contributed by atoms with Gasteiger partial charge in [0.25, 0.3) is 0 Å². The quantitative estimate of drug-likeness (QED) is 0.590. The molecule has 74 valence electrons. The predicted octanol–water partition coefficient (Wildman–Crippen LogP) is 3.66. The van der Waals surface area contributed by atoms with Gasteiger partial charge in [-0.05, 0) is 40.5 Å². The van der Waals surface area contributed by atoms with Crippen LogP contribution >= 0.6 is 0 Å². The summed E-state index contributed by atoms with van der Waals surface area (Å²) < 4.78 is 0. The second-order valence-electron chi connectivity index (χ2n) is 3.91. The average molecular weight is 180 g/mol. The Morgan fingerprint density at radius 2 is 1.62 bits per heavy atom. The molecular formula is C12H20O. The summed E-state index contributed by atoms with van der Waals surface area (Å²) in [5.41, 5.74) is 3.88. The number of ketones is 1. The number of allylic oxidation sites excluding steroid dienone is 3. The minimum Gasteiger partial charge on any atom is -0.300 e. The Hall–Kier alpha value is -0.850. The van der Waals surface area contributed by atoms with Crippen LogP contribution in [-0.2, 0) is 4.79 Å². The smallest absolute Gasteiger partial charge is 0.130 e. The van der Waals surface area contributed by atoms with Crippen LogP contribution in [0.15, 0.2) is 23.3 Å². The van der Waals surface area contributed by atoms with Gasteiger partial charge in [0, 0.05) is 6.42 Å². The molecule has 0 radical (unpaired) electrons. The highest BCUT2D eigenvalue weighted by Crippen LogP contribution is 2.16. The lowest BCUT2D eigenvalue weighted by Crippen LogP contribution is -1.92. The van der Waals surface area contributed by atoms with Gasteiger partial charge in [0.05, 0.1) is 0 Å². The molecular weight excluding hydrogens is 160 g/mol. The van der Waals surface area contributed by atoms with Crippen LogP contribution in [0.1, 0.15) is 47.0 Å². The van der Waals surface area contributed by atoms with Crippen molar-refractivity contribution in [2.45, 2.75) is 47.0 Å². The number of Topliss-reactive ketones (excluding diaryl/α,β-unsaturated/α-hetero) is 1. The van der Waals surface area contributed by atoms with E-state index in [0.717, 1.165) is 18.4 Å². The van der Waals surface area contributed by atoms with Gasteiger partial charge in [-0.2, -0.15) is 0 Å². The SMILES string of the molecule is C=C(CCC(C)=O)CC(C)=C(C)C. The second kappa shape index (κ2) is 5.74. The standard InChI is InChI=1S/C12H20O/c1-9(2)11(4)8-10(3)6-7-12(5)13/h3,6-8H2,1-2,4-5H3. The molecule has 0 amide bonds. The monoisotopic (exact) mass is 180 g/mol. The van der Waals surface area contributed by atoms with Crippen LogP contribution in [0.3, 0.4) is 0 Å². The molecule has 0 aromatic carbocycles. The third-order valence-electron chi connectivity index (χ3n) is 2.20. The van der Waals surface area contributed by atoms with Gasteiger partial charge in [-0.3, -0.25) is 0 Å². The molecule has 0 aliphatic carbocycles. The number of carbonyl (C=O) groups excluding carboxylic acids is 1. The molecule has 0 fully saturated rings. The maximum atomic E-state index is 10.7. The zero-order valence-electron chi connectivity index (χ0n) is 9.24. The molecule has 0 bridgehead atoms. The van der Waals surface area contributed by atoms with E-state index in [9.17, 15) is 4.79 Å². The number of rotatable bonds is 5. The van der Waals surface area contributed by atoms with Crippen LogP contribution in [0.4, 0.5) is 0 Å². The Morgan fingerprint density at radius 1 is 1.08 bits per heavy atom. The van der Waals surface area contributed by atoms with E-state index in [0.29, 0.717) is 6.42 Å². The first-order chi connectivity index (χ1) is 5.93. The van der Waals surface area contributed by atoms with Crippen LogP contribution in [0, 0.1) is 0 Å². The molecule has 0 aromatic heterocycles. The normalized spacial score (nSPS) is 9.54. The van der Waals surface area contributed by atoms with Gasteiger partial charge < -0.3 is 4.79 Å². The number of hydrogen-bond donors (Lipinski definition) is 0. The van der Waals surface area contributed by atoms with Crippen molar-refractivity contribution in [2.75, 3.05) is 0 Å². The molecule has 0 spiro atoms. The lowest BCUT2D eigenvalue weighted by molar-refractivity contribution is -0.116. The van der Waals surface area contributed by atoms with Gasteiger partial charge in [-0.1, -0.05) is 23.3 Å². The lowest BCUT2D eigenvalue weighted by atomic mass is 10.00. The molecule has 0 saturated carbocycles. The van der Waals surface area contributed by atoms with E-state index in [1.807, 2.05) is 0 Å². The van der Waals surface area contributed by atoms with E-state index in [-0.39, 0.29) is 5.78 Å². The molecule has 1 heteroatoms. The summed E-state index contributed by atoms with van der Waals surface area (Å²) in [6.45, 7) is 11.9. The molecule has 0 heterocycles. The second-order valence-corrected chi connectivity index (χ2v) is 3.91. The molecule has 0 aliphatic heterocycles. The van der Waals surface area contributed by atoms with Gasteiger partial charge in [-0.15, -0.1) is 0 Å². The van der Waals surface area contributed by atoms with Gasteiger partial charge in [0.1, 0.15) is 5.78 Å². The van der Waals surface area contributed by atoms with Crippen molar-refractivity contribution >= 4 is 5.78 Å². The highest BCUT2D eigenvalue weighted by molar-refractivity contribution is 5.75. The molecule has 0 N–H and O–H groups in total. The summed E-state index contributed by atoms with van der Waals surface area (Å²) in [5, 5.41) is 0. The van der Waals surface area contributed by atoms with Crippen molar-refractivity contribution in [3.63, 3.8) is 0 Å². The zero-order chi connectivity index (χ0) is 10.4. The van der Waals surface area contributed by atoms with Crippen molar-refractivity contribution in [1.29, 1.82) is 0 Å². The summed E-state index contributed by atoms with van der Waals surface area (Å²) in [6.07, 6.45) is 2.41. The van der Waals surface area contributed by atoms with Gasteiger partial charge in [-0.25, -0.2) is 0 Å². The van der Waals surface area contributed by atoms with E-state index in [2.05, 4.69) is 27.4 Å². The predicted molar refractivity (Wildman–Crippen MR) is 57.7 cm³/mol. The number of carbonyl (C=O) groups is 1. The fourth-order valence-corrected chi connectivity index (χ4v) is 0.993. The summed E-state index contributed by atoms with van der Waals surface area (Å²) >= 11 is 0. The van der Waals surface area contributed by atoms with Crippen molar-refractivity contribution in [3.8, 4) is 0 Å². The lowest BCUT2D eigenvalue weighted by Gasteiger charge is -2.06. The number of hydrogen-bond acceptors (Lipinski definition) is 1. The molecule has 0 aromatic rings. The first kappa shape index (κ1) is 12.2. The van der Waals surface area contributed by atoms with Crippen molar-refractivity contribution in [2.24, 2.45) is 0 Å². The molecule has 0 rings (SSSR count). The third kappa shape index (κ3) is 6.32. The van der Waals surface area contributed by atoms with Gasteiger partial charge >= 0.3 is 0 Å². The summed E-state index contributed by atoms with van der Waals surface area (Å²) in [4.78, 5) is 10.7. The van der Waals surface area contributed by atoms with Crippen LogP contribution in [0.5, 0.6) is 0 Å². The molecule has 0 saturated heterocycles. The summed E-state index contributed by atoms with van der Waals surface area (Å²) in [6, 6.07) is 0. The minimum atomic E-state index is 0.246. The Kier molecular flexibility index (Phi) is 5.36. The highest BCUT2D eigenvalue weighted by Gasteiger charge is 2.00. The summed E-state index contributed by atoms with van der Waals surface area (Å²) in [7, 11) is 0. The Balaban J connectivity index is 3.89. The first-order valence-corrected chi connectivity index (χ1v) is 4.72. The van der Waals surface area contributed by atoms with E-state index in [4.69, 9.17) is 0 Å². The summed E-state index contributed by atoms with van der Waals surface area (Å²) in [5.74, 6) is 0.246. The van der Waals surface area contributed by atoms with E-state index in [1.54, 1.807) is 6.92 Å². The Morgan fingerprint density at radius 3 is 2.00 bits per heavy atom. The van der Waals surface area contributed by atoms with Gasteiger partial charge in [0.15, 0.2) is 0 Å². The Labute approximate surface area is 81.5 Å². The highest BCUT2D eigenvalue weighted by atomic mass is 16.1. The third-order valence-corrected chi connectivity index (χ3v) is 2.20. The van der Waals surface area contributed by atoms with E-state index in [1.165, 1.54) is 11.1 Å². The van der Waals surface area contributed by atoms with Crippen LogP contribution in [0.2, 0.25) is 0 Å². The molecule has 0 atom stereocenters. The maximum absolute atomic E-state index is 10.7. The first-order valence-electron chi connectivity index (χ1n) is 4.72. The largest absolute Gasteiger partial charge is 0.300 e. The molecule has 13 heavy (non-hydrogen) atoms. The Bertz CT molecular complexity index is 230. The molecule has 0 aliphatic rings.